The monoisotopic (exact) mass is 193 g/mol. The molecular weight excluding hydrogens is 175 g/mol. The fraction of sp³-hybridized carbons (Fsp3) is 0.462. The molecule has 1 heteroatoms. The summed E-state index contributed by atoms with van der Waals surface area (Å²) in [5.74, 6) is 0.825. The number of halogens is 1. The predicted molar refractivity (Wildman–Crippen MR) is 59.2 cm³/mol. The van der Waals surface area contributed by atoms with Crippen LogP contribution in [0, 0.1) is 12.8 Å². The average molecular weight is 193 g/mol. The van der Waals surface area contributed by atoms with Gasteiger partial charge >= 0.3 is 0 Å². The smallest absolute Gasteiger partial charge is 0.0997 e. The van der Waals surface area contributed by atoms with Crippen molar-refractivity contribution in [1.29, 1.82) is 0 Å². The maximum absolute atomic E-state index is 12.5. The molecule has 14 heavy (non-hydrogen) atoms. The zero-order valence-electron chi connectivity index (χ0n) is 9.23. The molecule has 0 amide bonds. The summed E-state index contributed by atoms with van der Waals surface area (Å²) in [5, 5.41) is 0. The van der Waals surface area contributed by atoms with Crippen molar-refractivity contribution >= 4 is 0 Å². The molecule has 0 unspecified atom stereocenters. The predicted octanol–water partition coefficient (Wildman–Crippen LogP) is 3.86. The van der Waals surface area contributed by atoms with E-state index in [1.807, 2.05) is 13.0 Å². The molecule has 1 aromatic carbocycles. The van der Waals surface area contributed by atoms with Crippen LogP contribution >= 0.6 is 0 Å². The van der Waals surface area contributed by atoms with Gasteiger partial charge in [0.1, 0.15) is 0 Å². The molecule has 0 aromatic heterocycles. The molecular formula is C13H18F. The second-order valence-corrected chi connectivity index (χ2v) is 3.87. The first kappa shape index (κ1) is 11.2. The van der Waals surface area contributed by atoms with E-state index in [4.69, 9.17) is 0 Å². The average Bonchev–Trinajstić information content (AvgIpc) is 2.16. The third-order valence-corrected chi connectivity index (χ3v) is 2.37. The minimum absolute atomic E-state index is 0.352. The van der Waals surface area contributed by atoms with Crippen LogP contribution in [0.25, 0.3) is 0 Å². The van der Waals surface area contributed by atoms with Crippen LogP contribution in [0.5, 0.6) is 0 Å². The van der Waals surface area contributed by atoms with Crippen LogP contribution in [-0.2, 0) is 6.42 Å². The summed E-state index contributed by atoms with van der Waals surface area (Å²) in [6.07, 6.45) is 2.21. The van der Waals surface area contributed by atoms with Gasteiger partial charge in [-0.25, -0.2) is 0 Å². The fourth-order valence-corrected chi connectivity index (χ4v) is 1.62. The van der Waals surface area contributed by atoms with Crippen LogP contribution in [-0.4, -0.2) is 6.67 Å². The molecule has 0 aliphatic rings. The first-order valence-electron chi connectivity index (χ1n) is 5.16. The molecule has 0 bridgehead atoms. The van der Waals surface area contributed by atoms with Crippen molar-refractivity contribution < 1.29 is 4.39 Å². The summed E-state index contributed by atoms with van der Waals surface area (Å²) in [5.41, 5.74) is 3.59. The van der Waals surface area contributed by atoms with E-state index in [1.165, 1.54) is 11.1 Å². The molecule has 0 N–H and O–H groups in total. The number of aryl methyl sites for hydroxylation is 2. The molecule has 0 fully saturated rings. The molecule has 0 aliphatic carbocycles. The minimum atomic E-state index is -0.352. The van der Waals surface area contributed by atoms with Gasteiger partial charge in [-0.15, -0.1) is 0 Å². The molecule has 77 valence electrons. The van der Waals surface area contributed by atoms with Crippen LogP contribution in [0.4, 0.5) is 4.39 Å². The topological polar surface area (TPSA) is 0 Å². The third kappa shape index (κ3) is 2.83. The van der Waals surface area contributed by atoms with E-state index in [0.717, 1.165) is 24.3 Å². The summed E-state index contributed by atoms with van der Waals surface area (Å²) in [6.45, 7) is 5.72. The number of rotatable bonds is 4. The number of alkyl halides is 1. The highest BCUT2D eigenvalue weighted by Crippen LogP contribution is 2.19. The van der Waals surface area contributed by atoms with Gasteiger partial charge < -0.3 is 0 Å². The van der Waals surface area contributed by atoms with Gasteiger partial charge in [-0.1, -0.05) is 44.0 Å². The van der Waals surface area contributed by atoms with Gasteiger partial charge in [-0.2, -0.15) is 0 Å². The van der Waals surface area contributed by atoms with E-state index in [0.29, 0.717) is 0 Å². The van der Waals surface area contributed by atoms with Crippen molar-refractivity contribution in [2.45, 2.75) is 33.6 Å². The van der Waals surface area contributed by atoms with Crippen LogP contribution in [0.1, 0.15) is 37.0 Å². The third-order valence-electron chi connectivity index (χ3n) is 2.37. The minimum Gasteiger partial charge on any atom is -0.250 e. The Morgan fingerprint density at radius 1 is 1.29 bits per heavy atom. The molecule has 0 aliphatic heterocycles. The van der Waals surface area contributed by atoms with Gasteiger partial charge in [-0.05, 0) is 24.5 Å². The van der Waals surface area contributed by atoms with Crippen molar-refractivity contribution in [3.63, 3.8) is 0 Å². The first-order valence-corrected chi connectivity index (χ1v) is 5.16. The van der Waals surface area contributed by atoms with Crippen LogP contribution < -0.4 is 0 Å². The normalized spacial score (nSPS) is 10.9. The second-order valence-electron chi connectivity index (χ2n) is 3.87. The molecule has 0 heterocycles. The van der Waals surface area contributed by atoms with Gasteiger partial charge in [-0.3, -0.25) is 4.39 Å². The number of benzene rings is 1. The summed E-state index contributed by atoms with van der Waals surface area (Å²) < 4.78 is 12.5. The lowest BCUT2D eigenvalue weighted by atomic mass is 9.96. The summed E-state index contributed by atoms with van der Waals surface area (Å²) >= 11 is 0. The Morgan fingerprint density at radius 3 is 2.57 bits per heavy atom. The van der Waals surface area contributed by atoms with Gasteiger partial charge in [0.25, 0.3) is 0 Å². The molecule has 0 spiro atoms. The molecule has 1 aromatic rings. The summed E-state index contributed by atoms with van der Waals surface area (Å²) in [6, 6.07) is 6.33. The van der Waals surface area contributed by atoms with E-state index in [1.54, 1.807) is 0 Å². The Kier molecular flexibility index (Phi) is 4.12. The maximum atomic E-state index is 12.5. The first-order chi connectivity index (χ1) is 6.67. The van der Waals surface area contributed by atoms with E-state index in [-0.39, 0.29) is 6.67 Å². The second kappa shape index (κ2) is 5.14. The molecule has 1 rings (SSSR count). The number of hydrogen-bond donors (Lipinski definition) is 0. The molecule has 0 saturated carbocycles. The molecule has 0 saturated heterocycles. The van der Waals surface area contributed by atoms with E-state index < -0.39 is 0 Å². The number of hydrogen-bond acceptors (Lipinski definition) is 0. The highest BCUT2D eigenvalue weighted by atomic mass is 19.1. The molecule has 1 radical (unpaired) electrons. The SMILES string of the molecule is CCCc1cc(C)cc([C](C)CF)c1. The Morgan fingerprint density at radius 2 is 2.00 bits per heavy atom. The Bertz CT molecular complexity index is 291. The Labute approximate surface area is 86.2 Å². The maximum Gasteiger partial charge on any atom is 0.0997 e. The van der Waals surface area contributed by atoms with E-state index in [9.17, 15) is 4.39 Å². The zero-order valence-corrected chi connectivity index (χ0v) is 9.23. The van der Waals surface area contributed by atoms with E-state index in [2.05, 4.69) is 26.0 Å². The van der Waals surface area contributed by atoms with Crippen molar-refractivity contribution in [3.8, 4) is 0 Å². The van der Waals surface area contributed by atoms with Gasteiger partial charge in [0.2, 0.25) is 0 Å². The van der Waals surface area contributed by atoms with Gasteiger partial charge in [0.05, 0.1) is 6.67 Å². The zero-order chi connectivity index (χ0) is 10.6. The highest BCUT2D eigenvalue weighted by molar-refractivity contribution is 5.37. The fourth-order valence-electron chi connectivity index (χ4n) is 1.62. The van der Waals surface area contributed by atoms with Crippen LogP contribution in [0.15, 0.2) is 18.2 Å². The Balaban J connectivity index is 2.94. The largest absolute Gasteiger partial charge is 0.250 e. The lowest BCUT2D eigenvalue weighted by Crippen LogP contribution is -1.98. The lowest BCUT2D eigenvalue weighted by Gasteiger charge is -2.10. The van der Waals surface area contributed by atoms with Crippen molar-refractivity contribution in [1.82, 2.24) is 0 Å². The quantitative estimate of drug-likeness (QED) is 0.681. The van der Waals surface area contributed by atoms with Gasteiger partial charge in [0, 0.05) is 5.92 Å². The van der Waals surface area contributed by atoms with Crippen molar-refractivity contribution in [2.24, 2.45) is 0 Å². The molecule has 0 atom stereocenters. The van der Waals surface area contributed by atoms with Crippen LogP contribution in [0.2, 0.25) is 0 Å². The summed E-state index contributed by atoms with van der Waals surface area (Å²) in [4.78, 5) is 0. The lowest BCUT2D eigenvalue weighted by molar-refractivity contribution is 0.516. The van der Waals surface area contributed by atoms with Gasteiger partial charge in [0.15, 0.2) is 0 Å². The standard InChI is InChI=1S/C13H18F/c1-4-5-12-6-10(2)7-13(8-12)11(3)9-14/h6-8H,4-5,9H2,1-3H3. The van der Waals surface area contributed by atoms with Crippen molar-refractivity contribution in [3.05, 3.63) is 40.8 Å². The van der Waals surface area contributed by atoms with E-state index >= 15 is 0 Å². The summed E-state index contributed by atoms with van der Waals surface area (Å²) in [7, 11) is 0. The highest BCUT2D eigenvalue weighted by Gasteiger charge is 2.07. The molecule has 0 nitrogen and oxygen atoms in total. The van der Waals surface area contributed by atoms with Crippen molar-refractivity contribution in [2.75, 3.05) is 6.67 Å². The van der Waals surface area contributed by atoms with Crippen LogP contribution in [0.3, 0.4) is 0 Å². The Hall–Kier alpha value is -0.850.